The molecule has 0 atom stereocenters. The molecule has 0 radical (unpaired) electrons. The van der Waals surface area contributed by atoms with E-state index in [-0.39, 0.29) is 17.7 Å². The van der Waals surface area contributed by atoms with Crippen LogP contribution in [0, 0.1) is 11.3 Å². The Hall–Kier alpha value is -2.49. The van der Waals surface area contributed by atoms with Gasteiger partial charge in [0.1, 0.15) is 17.4 Å². The summed E-state index contributed by atoms with van der Waals surface area (Å²) < 4.78 is 33.2. The van der Waals surface area contributed by atoms with Crippen LogP contribution in [-0.4, -0.2) is 25.5 Å². The van der Waals surface area contributed by atoms with Crippen LogP contribution in [0.2, 0.25) is 0 Å². The number of alkyl halides is 2. The zero-order valence-electron chi connectivity index (χ0n) is 9.85. The second kappa shape index (κ2) is 6.44. The lowest BCUT2D eigenvalue weighted by Gasteiger charge is -2.11. The van der Waals surface area contributed by atoms with Crippen molar-refractivity contribution in [2.24, 2.45) is 0 Å². The highest BCUT2D eigenvalue weighted by Gasteiger charge is 2.23. The molecule has 0 N–H and O–H groups in total. The first-order valence-electron chi connectivity index (χ1n) is 5.19. The van der Waals surface area contributed by atoms with Gasteiger partial charge >= 0.3 is 12.6 Å². The second-order valence-electron chi connectivity index (χ2n) is 3.23. The lowest BCUT2D eigenvalue weighted by atomic mass is 10.0. The molecule has 0 spiro atoms. The normalized spacial score (nSPS) is 9.84. The minimum atomic E-state index is -3.15. The van der Waals surface area contributed by atoms with E-state index in [1.54, 1.807) is 6.07 Å². The minimum Gasteiger partial charge on any atom is -0.462 e. The number of hydrogen-bond donors (Lipinski definition) is 0. The molecule has 0 aromatic heterocycles. The van der Waals surface area contributed by atoms with Crippen LogP contribution in [0.5, 0.6) is 5.75 Å². The first-order chi connectivity index (χ1) is 9.04. The number of carbonyl (C=O) groups excluding carboxylic acids is 2. The van der Waals surface area contributed by atoms with E-state index < -0.39 is 23.9 Å². The van der Waals surface area contributed by atoms with E-state index in [0.29, 0.717) is 6.29 Å². The summed E-state index contributed by atoms with van der Waals surface area (Å²) in [5.74, 6) is -1.42. The number of nitrogens with zero attached hydrogens (tertiary/aromatic N) is 1. The van der Waals surface area contributed by atoms with Crippen molar-refractivity contribution in [3.05, 3.63) is 28.8 Å². The van der Waals surface area contributed by atoms with Gasteiger partial charge in [-0.05, 0) is 19.1 Å². The van der Waals surface area contributed by atoms with Crippen molar-refractivity contribution in [1.29, 1.82) is 5.26 Å². The Balaban J connectivity index is 3.42. The summed E-state index contributed by atoms with van der Waals surface area (Å²) in [4.78, 5) is 22.5. The lowest BCUT2D eigenvalue weighted by Crippen LogP contribution is -2.13. The van der Waals surface area contributed by atoms with Gasteiger partial charge in [-0.25, -0.2) is 4.79 Å². The lowest BCUT2D eigenvalue weighted by molar-refractivity contribution is -0.0501. The van der Waals surface area contributed by atoms with Gasteiger partial charge in [0.2, 0.25) is 0 Å². The van der Waals surface area contributed by atoms with E-state index in [0.717, 1.165) is 12.1 Å². The van der Waals surface area contributed by atoms with E-state index in [4.69, 9.17) is 5.26 Å². The Morgan fingerprint density at radius 3 is 2.68 bits per heavy atom. The Bertz CT molecular complexity index is 537. The third-order valence-electron chi connectivity index (χ3n) is 2.13. The van der Waals surface area contributed by atoms with Crippen molar-refractivity contribution in [3.8, 4) is 11.8 Å². The van der Waals surface area contributed by atoms with E-state index in [2.05, 4.69) is 9.47 Å². The maximum absolute atomic E-state index is 12.2. The largest absolute Gasteiger partial charge is 0.462 e. The molecule has 0 heterocycles. The van der Waals surface area contributed by atoms with Gasteiger partial charge in [-0.15, -0.1) is 0 Å². The number of ether oxygens (including phenoxy) is 2. The van der Waals surface area contributed by atoms with Crippen molar-refractivity contribution in [2.75, 3.05) is 6.61 Å². The summed E-state index contributed by atoms with van der Waals surface area (Å²) in [6.07, 6.45) is 0.333. The standard InChI is InChI=1S/C12H9F2NO4/c1-2-18-11(17)10-7(6-16)3-4-9(8(10)5-15)19-12(13)14/h3-4,6,12H,2H2,1H3. The number of nitriles is 1. The number of esters is 1. The quantitative estimate of drug-likeness (QED) is 0.604. The number of benzene rings is 1. The number of aldehydes is 1. The summed E-state index contributed by atoms with van der Waals surface area (Å²) in [6, 6.07) is 3.70. The highest BCUT2D eigenvalue weighted by Crippen LogP contribution is 2.26. The summed E-state index contributed by atoms with van der Waals surface area (Å²) in [5, 5.41) is 8.95. The van der Waals surface area contributed by atoms with E-state index in [1.807, 2.05) is 0 Å². The predicted octanol–water partition coefficient (Wildman–Crippen LogP) is 2.15. The van der Waals surface area contributed by atoms with E-state index in [1.165, 1.54) is 6.92 Å². The summed E-state index contributed by atoms with van der Waals surface area (Å²) in [7, 11) is 0. The molecule has 0 fully saturated rings. The third kappa shape index (κ3) is 3.25. The van der Waals surface area contributed by atoms with Gasteiger partial charge < -0.3 is 9.47 Å². The summed E-state index contributed by atoms with van der Waals surface area (Å²) >= 11 is 0. The van der Waals surface area contributed by atoms with Gasteiger partial charge in [0, 0.05) is 5.56 Å². The van der Waals surface area contributed by atoms with Crippen molar-refractivity contribution in [1.82, 2.24) is 0 Å². The molecule has 5 nitrogen and oxygen atoms in total. The number of rotatable bonds is 5. The van der Waals surface area contributed by atoms with Gasteiger partial charge in [-0.3, -0.25) is 4.79 Å². The van der Waals surface area contributed by atoms with E-state index >= 15 is 0 Å². The van der Waals surface area contributed by atoms with Gasteiger partial charge in [-0.1, -0.05) is 0 Å². The maximum Gasteiger partial charge on any atom is 0.387 e. The highest BCUT2D eigenvalue weighted by atomic mass is 19.3. The Labute approximate surface area is 107 Å². The number of carbonyl (C=O) groups is 2. The molecule has 0 saturated heterocycles. The van der Waals surface area contributed by atoms with Gasteiger partial charge in [-0.2, -0.15) is 14.0 Å². The van der Waals surface area contributed by atoms with Crippen molar-refractivity contribution < 1.29 is 27.8 Å². The molecule has 7 heteroatoms. The van der Waals surface area contributed by atoms with Crippen LogP contribution in [0.15, 0.2) is 12.1 Å². The SMILES string of the molecule is CCOC(=O)c1c(C=O)ccc(OC(F)F)c1C#N. The third-order valence-corrected chi connectivity index (χ3v) is 2.13. The molecule has 0 aliphatic carbocycles. The van der Waals surface area contributed by atoms with Crippen molar-refractivity contribution in [2.45, 2.75) is 13.5 Å². The fourth-order valence-electron chi connectivity index (χ4n) is 1.43. The first-order valence-corrected chi connectivity index (χ1v) is 5.19. The maximum atomic E-state index is 12.2. The van der Waals surface area contributed by atoms with Crippen molar-refractivity contribution in [3.63, 3.8) is 0 Å². The van der Waals surface area contributed by atoms with Crippen LogP contribution < -0.4 is 4.74 Å². The van der Waals surface area contributed by atoms with Gasteiger partial charge in [0.15, 0.2) is 6.29 Å². The van der Waals surface area contributed by atoms with Crippen LogP contribution in [0.25, 0.3) is 0 Å². The minimum absolute atomic E-state index is 0.0158. The predicted molar refractivity (Wildman–Crippen MR) is 59.1 cm³/mol. The Morgan fingerprint density at radius 1 is 1.53 bits per heavy atom. The molecule has 0 aliphatic heterocycles. The molecular formula is C12H9F2NO4. The summed E-state index contributed by atoms with van der Waals surface area (Å²) in [5.41, 5.74) is -0.961. The zero-order chi connectivity index (χ0) is 14.4. The zero-order valence-corrected chi connectivity index (χ0v) is 9.85. The van der Waals surface area contributed by atoms with Crippen LogP contribution >= 0.6 is 0 Å². The first kappa shape index (κ1) is 14.6. The van der Waals surface area contributed by atoms with E-state index in [9.17, 15) is 18.4 Å². The van der Waals surface area contributed by atoms with Crippen LogP contribution in [0.3, 0.4) is 0 Å². The molecule has 0 amide bonds. The average Bonchev–Trinajstić information content (AvgIpc) is 2.37. The smallest absolute Gasteiger partial charge is 0.387 e. The second-order valence-corrected chi connectivity index (χ2v) is 3.23. The van der Waals surface area contributed by atoms with Crippen LogP contribution in [0.1, 0.15) is 33.2 Å². The molecular weight excluding hydrogens is 260 g/mol. The monoisotopic (exact) mass is 269 g/mol. The Kier molecular flexibility index (Phi) is 4.94. The van der Waals surface area contributed by atoms with Gasteiger partial charge in [0.05, 0.1) is 12.2 Å². The Morgan fingerprint density at radius 2 is 2.21 bits per heavy atom. The molecule has 0 aliphatic rings. The van der Waals surface area contributed by atoms with Crippen LogP contribution in [-0.2, 0) is 4.74 Å². The molecule has 0 bridgehead atoms. The number of hydrogen-bond acceptors (Lipinski definition) is 5. The molecule has 100 valence electrons. The molecule has 0 saturated carbocycles. The molecule has 0 unspecified atom stereocenters. The molecule has 1 aromatic rings. The highest BCUT2D eigenvalue weighted by molar-refractivity contribution is 6.01. The summed E-state index contributed by atoms with van der Waals surface area (Å²) in [6.45, 7) is -1.60. The van der Waals surface area contributed by atoms with Crippen molar-refractivity contribution >= 4 is 12.3 Å². The average molecular weight is 269 g/mol. The molecule has 1 rings (SSSR count). The molecule has 19 heavy (non-hydrogen) atoms. The number of halogens is 2. The topological polar surface area (TPSA) is 76.4 Å². The van der Waals surface area contributed by atoms with Gasteiger partial charge in [0.25, 0.3) is 0 Å². The van der Waals surface area contributed by atoms with Crippen LogP contribution in [0.4, 0.5) is 8.78 Å². The fraction of sp³-hybridized carbons (Fsp3) is 0.250. The fourth-order valence-corrected chi connectivity index (χ4v) is 1.43. The molecule has 1 aromatic carbocycles.